The summed E-state index contributed by atoms with van der Waals surface area (Å²) in [5.41, 5.74) is 2.61. The number of nitrogens with one attached hydrogen (secondary N) is 2. The van der Waals surface area contributed by atoms with Crippen molar-refractivity contribution in [2.75, 3.05) is 13.1 Å². The first-order chi connectivity index (χ1) is 38.4. The average molecular weight is 1140 g/mol. The molecule has 0 aliphatic rings. The van der Waals surface area contributed by atoms with Crippen molar-refractivity contribution in [3.8, 4) is 23.9 Å². The SMILES string of the molecule is CCCCC(CC)Cn1c(O)c(C#N)c(C)c(N=Nc2ccc(SNCC(C)OC(=O)CCCCCCCCC(=O)OC(C)CNSc3ccc(N=Nc4c(C)c(C#N)c(O)n(CC(CC)CCCC)c4=O)cc3C)c(C)c2)c1=O. The Hall–Kier alpha value is -6.32. The molecule has 2 heterocycles. The van der Waals surface area contributed by atoms with Crippen LogP contribution < -0.4 is 20.6 Å². The molecule has 0 radical (unpaired) electrons. The van der Waals surface area contributed by atoms with Gasteiger partial charge in [0, 0.05) is 59.9 Å². The zero-order valence-electron chi connectivity index (χ0n) is 48.7. The number of pyridine rings is 2. The third-order valence-electron chi connectivity index (χ3n) is 14.1. The van der Waals surface area contributed by atoms with Gasteiger partial charge in [-0.2, -0.15) is 20.8 Å². The third kappa shape index (κ3) is 20.3. The summed E-state index contributed by atoms with van der Waals surface area (Å²) in [6, 6.07) is 15.1. The van der Waals surface area contributed by atoms with Gasteiger partial charge in [-0.3, -0.25) is 37.8 Å². The van der Waals surface area contributed by atoms with E-state index in [2.05, 4.69) is 57.6 Å². The van der Waals surface area contributed by atoms with Crippen LogP contribution in [0.4, 0.5) is 22.7 Å². The molecule has 18 nitrogen and oxygen atoms in total. The molecule has 434 valence electrons. The maximum Gasteiger partial charge on any atom is 0.306 e. The Balaban J connectivity index is 1.09. The highest BCUT2D eigenvalue weighted by molar-refractivity contribution is 7.97. The lowest BCUT2D eigenvalue weighted by molar-refractivity contribution is -0.149. The van der Waals surface area contributed by atoms with Gasteiger partial charge in [0.2, 0.25) is 11.8 Å². The van der Waals surface area contributed by atoms with Crippen molar-refractivity contribution in [1.29, 1.82) is 10.5 Å². The summed E-state index contributed by atoms with van der Waals surface area (Å²) in [6.45, 7) is 20.6. The highest BCUT2D eigenvalue weighted by Crippen LogP contribution is 2.32. The lowest BCUT2D eigenvalue weighted by Crippen LogP contribution is -2.25. The number of aromatic hydroxyl groups is 2. The minimum absolute atomic E-state index is 0.0170. The second-order valence-corrected chi connectivity index (χ2v) is 22.5. The molecule has 20 heteroatoms. The third-order valence-corrected chi connectivity index (χ3v) is 16.1. The number of carbonyl (C=O) groups is 2. The van der Waals surface area contributed by atoms with Crippen LogP contribution in [-0.2, 0) is 32.2 Å². The van der Waals surface area contributed by atoms with Crippen molar-refractivity contribution in [2.45, 2.75) is 207 Å². The fourth-order valence-electron chi connectivity index (χ4n) is 9.01. The highest BCUT2D eigenvalue weighted by Gasteiger charge is 2.23. The Bertz CT molecular complexity index is 2770. The molecule has 80 heavy (non-hydrogen) atoms. The number of carbonyl (C=O) groups excluding carboxylic acids is 2. The van der Waals surface area contributed by atoms with Crippen LogP contribution >= 0.6 is 23.9 Å². The van der Waals surface area contributed by atoms with Crippen LogP contribution in [0.2, 0.25) is 0 Å². The number of rotatable bonds is 35. The summed E-state index contributed by atoms with van der Waals surface area (Å²) in [5, 5.41) is 58.6. The molecular weight excluding hydrogens is 1050 g/mol. The number of azo groups is 2. The summed E-state index contributed by atoms with van der Waals surface area (Å²) in [6.07, 6.45) is 12.7. The Kier molecular flexibility index (Phi) is 28.7. The van der Waals surface area contributed by atoms with Gasteiger partial charge in [-0.05, 0) is 150 Å². The van der Waals surface area contributed by atoms with Gasteiger partial charge in [-0.25, -0.2) is 0 Å². The molecule has 2 aromatic carbocycles. The molecule has 4 N–H and O–H groups in total. The summed E-state index contributed by atoms with van der Waals surface area (Å²) in [4.78, 5) is 54.1. The van der Waals surface area contributed by atoms with Crippen LogP contribution in [0.25, 0.3) is 0 Å². The highest BCUT2D eigenvalue weighted by atomic mass is 32.2. The molecule has 4 aromatic rings. The normalized spacial score (nSPS) is 13.1. The van der Waals surface area contributed by atoms with Gasteiger partial charge in [0.05, 0.1) is 11.4 Å². The van der Waals surface area contributed by atoms with E-state index in [1.54, 1.807) is 26.0 Å². The van der Waals surface area contributed by atoms with Crippen molar-refractivity contribution >= 4 is 58.6 Å². The number of esters is 2. The Morgan fingerprint density at radius 2 is 0.975 bits per heavy atom. The molecule has 2 aromatic heterocycles. The van der Waals surface area contributed by atoms with E-state index in [1.807, 2.05) is 64.1 Å². The van der Waals surface area contributed by atoms with Gasteiger partial charge in [-0.1, -0.05) is 91.9 Å². The molecule has 0 saturated carbocycles. The molecular formula is C60H84N10O8S2. The molecule has 4 atom stereocenters. The smallest absolute Gasteiger partial charge is 0.306 e. The first kappa shape index (κ1) is 66.2. The van der Waals surface area contributed by atoms with Gasteiger partial charge in [0.25, 0.3) is 11.1 Å². The summed E-state index contributed by atoms with van der Waals surface area (Å²) in [7, 11) is 0. The topological polar surface area (TPSA) is 258 Å². The molecule has 0 amide bonds. The Morgan fingerprint density at radius 1 is 0.600 bits per heavy atom. The van der Waals surface area contributed by atoms with E-state index in [9.17, 15) is 39.9 Å². The Labute approximate surface area is 481 Å². The summed E-state index contributed by atoms with van der Waals surface area (Å²) in [5.74, 6) is -0.793. The lowest BCUT2D eigenvalue weighted by atomic mass is 9.99. The molecule has 4 rings (SSSR count). The van der Waals surface area contributed by atoms with Gasteiger partial charge >= 0.3 is 11.9 Å². The number of unbranched alkanes of at least 4 members (excludes halogenated alkanes) is 7. The molecule has 0 saturated heterocycles. The second-order valence-electron chi connectivity index (χ2n) is 20.7. The molecule has 0 aliphatic carbocycles. The number of aryl methyl sites for hydroxylation is 2. The predicted octanol–water partition coefficient (Wildman–Crippen LogP) is 14.5. The maximum atomic E-state index is 13.5. The lowest BCUT2D eigenvalue weighted by Gasteiger charge is -2.19. The van der Waals surface area contributed by atoms with E-state index in [-0.39, 0.29) is 81.4 Å². The number of nitriles is 2. The largest absolute Gasteiger partial charge is 0.493 e. The average Bonchev–Trinajstić information content (AvgIpc) is 3.44. The minimum atomic E-state index is -0.478. The number of ether oxygens (including phenoxy) is 2. The quantitative estimate of drug-likeness (QED) is 0.0145. The Morgan fingerprint density at radius 3 is 1.31 bits per heavy atom. The van der Waals surface area contributed by atoms with Crippen molar-refractivity contribution in [3.63, 3.8) is 0 Å². The predicted molar refractivity (Wildman–Crippen MR) is 317 cm³/mol. The van der Waals surface area contributed by atoms with Crippen LogP contribution in [-0.4, -0.2) is 56.6 Å². The number of hydrogen-bond acceptors (Lipinski definition) is 18. The second kappa shape index (κ2) is 34.7. The molecule has 0 aliphatic heterocycles. The van der Waals surface area contributed by atoms with E-state index in [0.717, 1.165) is 111 Å². The zero-order chi connectivity index (χ0) is 58.7. The van der Waals surface area contributed by atoms with Crippen LogP contribution in [0.3, 0.4) is 0 Å². The van der Waals surface area contributed by atoms with Crippen LogP contribution in [0.15, 0.2) is 76.2 Å². The van der Waals surface area contributed by atoms with E-state index in [4.69, 9.17) is 9.47 Å². The first-order valence-electron chi connectivity index (χ1n) is 28.4. The number of nitrogens with zero attached hydrogens (tertiary/aromatic N) is 8. The van der Waals surface area contributed by atoms with Gasteiger partial charge < -0.3 is 19.7 Å². The molecule has 4 unspecified atom stereocenters. The van der Waals surface area contributed by atoms with E-state index in [0.29, 0.717) is 50.4 Å². The monoisotopic (exact) mass is 1140 g/mol. The van der Waals surface area contributed by atoms with E-state index < -0.39 is 11.1 Å². The summed E-state index contributed by atoms with van der Waals surface area (Å²) >= 11 is 2.82. The van der Waals surface area contributed by atoms with Gasteiger partial charge in [0.1, 0.15) is 35.5 Å². The van der Waals surface area contributed by atoms with Crippen molar-refractivity contribution in [3.05, 3.63) is 90.5 Å². The van der Waals surface area contributed by atoms with Crippen molar-refractivity contribution in [1.82, 2.24) is 18.6 Å². The van der Waals surface area contributed by atoms with Crippen LogP contribution in [0.1, 0.15) is 178 Å². The minimum Gasteiger partial charge on any atom is -0.493 e. The van der Waals surface area contributed by atoms with Gasteiger partial charge in [0.15, 0.2) is 11.4 Å². The molecule has 0 spiro atoms. The summed E-state index contributed by atoms with van der Waals surface area (Å²) < 4.78 is 20.3. The van der Waals surface area contributed by atoms with Crippen molar-refractivity contribution in [2.24, 2.45) is 32.3 Å². The molecule has 0 bridgehead atoms. The van der Waals surface area contributed by atoms with E-state index >= 15 is 0 Å². The fraction of sp³-hybridized carbons (Fsp3) is 0.567. The van der Waals surface area contributed by atoms with Crippen molar-refractivity contribution < 1.29 is 29.3 Å². The number of benzene rings is 2. The van der Waals surface area contributed by atoms with Crippen LogP contribution in [0.5, 0.6) is 11.8 Å². The zero-order valence-corrected chi connectivity index (χ0v) is 50.3. The maximum absolute atomic E-state index is 13.5. The fourth-order valence-corrected chi connectivity index (χ4v) is 10.7. The van der Waals surface area contributed by atoms with E-state index in [1.165, 1.54) is 33.0 Å². The van der Waals surface area contributed by atoms with Gasteiger partial charge in [-0.15, -0.1) is 10.2 Å². The number of hydrogen-bond donors (Lipinski definition) is 4. The standard InChI is InChI=1S/C60H84N10O8S2/c1-11-15-23-45(13-3)37-69-57(73)49(33-61)43(9)55(59(69)75)67-65-47-27-29-51(39(5)31-47)79-63-35-41(7)77-53(71)25-21-19-17-18-20-22-26-54(72)78-42(8)36-64-80-52-30-28-48(32-40(52)6)66-68-56-44(10)50(34-62)58(74)70(60(56)76)38-46(14-4)24-16-12-2/h27-32,41-42,45-46,63-64,73-74H,11-26,35-38H2,1-10H3. The first-order valence-corrected chi connectivity index (χ1v) is 30.0. The number of aromatic nitrogens is 2. The van der Waals surface area contributed by atoms with Crippen LogP contribution in [0, 0.1) is 62.2 Å². The molecule has 0 fully saturated rings.